The molecule has 0 saturated heterocycles. The van der Waals surface area contributed by atoms with Crippen molar-refractivity contribution in [3.63, 3.8) is 0 Å². The summed E-state index contributed by atoms with van der Waals surface area (Å²) >= 11 is 0. The number of rotatable bonds is 6. The maximum atomic E-state index is 9.83. The molecule has 0 fully saturated rings. The molecular weight excluding hydrogens is 390 g/mol. The number of para-hydroxylation sites is 1. The summed E-state index contributed by atoms with van der Waals surface area (Å²) in [6, 6.07) is 15.2. The number of nitrogens with zero attached hydrogens (tertiary/aromatic N) is 2. The number of hydrogen-bond acceptors (Lipinski definition) is 6. The quantitative estimate of drug-likeness (QED) is 0.453. The molecule has 1 aromatic heterocycles. The number of aliphatic carboxylic acids is 2. The molecule has 0 aliphatic heterocycles. The molecule has 0 radical (unpaired) electrons. The molecule has 0 aliphatic carbocycles. The molecule has 2 aromatic carbocycles. The van der Waals surface area contributed by atoms with Gasteiger partial charge in [-0.05, 0) is 37.3 Å². The number of nitrogens with one attached hydrogen (secondary N) is 1. The fourth-order valence-corrected chi connectivity index (χ4v) is 2.57. The lowest BCUT2D eigenvalue weighted by atomic mass is 10.1. The van der Waals surface area contributed by atoms with E-state index in [1.807, 2.05) is 67.2 Å². The average Bonchev–Trinajstić information content (AvgIpc) is 3.09. The molecule has 4 N–H and O–H groups in total. The maximum Gasteiger partial charge on any atom is 0.414 e. The van der Waals surface area contributed by atoms with Crippen molar-refractivity contribution in [2.45, 2.75) is 13.5 Å². The molecule has 0 atom stereocenters. The first-order valence-corrected chi connectivity index (χ1v) is 9.05. The Morgan fingerprint density at radius 3 is 2.27 bits per heavy atom. The minimum atomic E-state index is -1.82. The number of imidazole rings is 1. The van der Waals surface area contributed by atoms with Crippen LogP contribution in [-0.4, -0.2) is 43.4 Å². The minimum absolute atomic E-state index is 0.283. The third-order valence-electron chi connectivity index (χ3n) is 4.06. The number of ether oxygens (including phenoxy) is 1. The van der Waals surface area contributed by atoms with Gasteiger partial charge in [-0.2, -0.15) is 0 Å². The Morgan fingerprint density at radius 2 is 1.70 bits per heavy atom. The molecule has 9 nitrogen and oxygen atoms in total. The highest BCUT2D eigenvalue weighted by Crippen LogP contribution is 2.25. The molecule has 0 amide bonds. The zero-order chi connectivity index (χ0) is 22.1. The first-order chi connectivity index (χ1) is 14.3. The van der Waals surface area contributed by atoms with Crippen molar-refractivity contribution >= 4 is 17.9 Å². The standard InChI is InChI=1S/C19H21N3O2.C2H2O4/c1-3-24-16-10-8-14(9-11-16)17-13-21-19(22(17)2)20-12-15-6-4-5-7-18(15)23;3-1(4)2(5)6/h4-11,13,23H,3,12H2,1-2H3,(H,20,21);(H,3,4)(H,5,6). The smallest absolute Gasteiger partial charge is 0.414 e. The first kappa shape index (κ1) is 22.3. The van der Waals surface area contributed by atoms with Crippen LogP contribution in [0.4, 0.5) is 5.95 Å². The predicted molar refractivity (Wildman–Crippen MR) is 111 cm³/mol. The van der Waals surface area contributed by atoms with E-state index in [9.17, 15) is 5.11 Å². The number of phenolic OH excluding ortho intramolecular Hbond substituents is 1. The predicted octanol–water partition coefficient (Wildman–Crippen LogP) is 2.96. The Kier molecular flexibility index (Phi) is 7.81. The second kappa shape index (κ2) is 10.5. The second-order valence-electron chi connectivity index (χ2n) is 6.08. The molecule has 9 heteroatoms. The molecule has 3 aromatic rings. The van der Waals surface area contributed by atoms with E-state index < -0.39 is 11.9 Å². The Balaban J connectivity index is 0.000000469. The van der Waals surface area contributed by atoms with Crippen molar-refractivity contribution in [3.8, 4) is 22.8 Å². The third-order valence-corrected chi connectivity index (χ3v) is 4.06. The van der Waals surface area contributed by atoms with Crippen LogP contribution in [0.2, 0.25) is 0 Å². The number of phenols is 1. The Morgan fingerprint density at radius 1 is 1.07 bits per heavy atom. The highest BCUT2D eigenvalue weighted by molar-refractivity contribution is 6.27. The highest BCUT2D eigenvalue weighted by Gasteiger charge is 2.09. The van der Waals surface area contributed by atoms with Gasteiger partial charge in [0.25, 0.3) is 0 Å². The number of carbonyl (C=O) groups is 2. The molecule has 3 rings (SSSR count). The van der Waals surface area contributed by atoms with Crippen LogP contribution in [0, 0.1) is 0 Å². The number of hydrogen-bond donors (Lipinski definition) is 4. The molecular formula is C21H23N3O6. The maximum absolute atomic E-state index is 9.83. The van der Waals surface area contributed by atoms with Gasteiger partial charge in [-0.1, -0.05) is 18.2 Å². The minimum Gasteiger partial charge on any atom is -0.508 e. The van der Waals surface area contributed by atoms with Crippen LogP contribution >= 0.6 is 0 Å². The van der Waals surface area contributed by atoms with Crippen molar-refractivity contribution in [1.82, 2.24) is 9.55 Å². The fourth-order valence-electron chi connectivity index (χ4n) is 2.57. The zero-order valence-corrected chi connectivity index (χ0v) is 16.6. The van der Waals surface area contributed by atoms with Crippen LogP contribution in [0.15, 0.2) is 54.7 Å². The Bertz CT molecular complexity index is 986. The van der Waals surface area contributed by atoms with Crippen LogP contribution in [0.1, 0.15) is 12.5 Å². The van der Waals surface area contributed by atoms with E-state index in [0.29, 0.717) is 13.2 Å². The number of aromatic nitrogens is 2. The van der Waals surface area contributed by atoms with Gasteiger partial charge in [0.15, 0.2) is 0 Å². The monoisotopic (exact) mass is 413 g/mol. The molecule has 30 heavy (non-hydrogen) atoms. The second-order valence-corrected chi connectivity index (χ2v) is 6.08. The summed E-state index contributed by atoms with van der Waals surface area (Å²) in [6.07, 6.45) is 1.84. The highest BCUT2D eigenvalue weighted by atomic mass is 16.5. The third kappa shape index (κ3) is 5.99. The van der Waals surface area contributed by atoms with Crippen molar-refractivity contribution in [2.24, 2.45) is 7.05 Å². The fraction of sp³-hybridized carbons (Fsp3) is 0.190. The van der Waals surface area contributed by atoms with Gasteiger partial charge in [0.05, 0.1) is 18.5 Å². The lowest BCUT2D eigenvalue weighted by Crippen LogP contribution is -2.09. The van der Waals surface area contributed by atoms with Gasteiger partial charge in [0.1, 0.15) is 11.5 Å². The lowest BCUT2D eigenvalue weighted by molar-refractivity contribution is -0.159. The SMILES string of the molecule is CCOc1ccc(-c2cnc(NCc3ccccc3O)n2C)cc1.O=C(O)C(=O)O. The lowest BCUT2D eigenvalue weighted by Gasteiger charge is -2.10. The number of carboxylic acid groups (broad SMARTS) is 2. The van der Waals surface area contributed by atoms with E-state index in [1.54, 1.807) is 6.07 Å². The van der Waals surface area contributed by atoms with E-state index in [-0.39, 0.29) is 5.75 Å². The van der Waals surface area contributed by atoms with Crippen LogP contribution in [-0.2, 0) is 23.2 Å². The summed E-state index contributed by atoms with van der Waals surface area (Å²) in [5.74, 6) is -1.75. The van der Waals surface area contributed by atoms with E-state index in [2.05, 4.69) is 10.3 Å². The van der Waals surface area contributed by atoms with E-state index in [1.165, 1.54) is 0 Å². The van der Waals surface area contributed by atoms with Gasteiger partial charge in [-0.3, -0.25) is 0 Å². The van der Waals surface area contributed by atoms with Gasteiger partial charge in [-0.15, -0.1) is 0 Å². The molecule has 0 bridgehead atoms. The topological polar surface area (TPSA) is 134 Å². The van der Waals surface area contributed by atoms with Crippen molar-refractivity contribution in [1.29, 1.82) is 0 Å². The molecule has 0 spiro atoms. The number of benzene rings is 2. The largest absolute Gasteiger partial charge is 0.508 e. The van der Waals surface area contributed by atoms with Crippen molar-refractivity contribution in [2.75, 3.05) is 11.9 Å². The number of aromatic hydroxyl groups is 1. The van der Waals surface area contributed by atoms with E-state index in [4.69, 9.17) is 24.5 Å². The van der Waals surface area contributed by atoms with Gasteiger partial charge < -0.3 is 29.9 Å². The van der Waals surface area contributed by atoms with Crippen LogP contribution < -0.4 is 10.1 Å². The Hall–Kier alpha value is -4.01. The molecule has 0 aliphatic rings. The van der Waals surface area contributed by atoms with Gasteiger partial charge >= 0.3 is 11.9 Å². The summed E-state index contributed by atoms with van der Waals surface area (Å²) in [6.45, 7) is 3.14. The number of anilines is 1. The summed E-state index contributed by atoms with van der Waals surface area (Å²) in [5.41, 5.74) is 2.92. The van der Waals surface area contributed by atoms with Crippen LogP contribution in [0.25, 0.3) is 11.3 Å². The van der Waals surface area contributed by atoms with Gasteiger partial charge in [0, 0.05) is 24.7 Å². The zero-order valence-electron chi connectivity index (χ0n) is 16.6. The van der Waals surface area contributed by atoms with E-state index in [0.717, 1.165) is 28.5 Å². The molecule has 1 heterocycles. The molecule has 0 unspecified atom stereocenters. The van der Waals surface area contributed by atoms with E-state index >= 15 is 0 Å². The van der Waals surface area contributed by atoms with Gasteiger partial charge in [0.2, 0.25) is 5.95 Å². The van der Waals surface area contributed by atoms with Crippen molar-refractivity contribution in [3.05, 3.63) is 60.3 Å². The molecule has 0 saturated carbocycles. The summed E-state index contributed by atoms with van der Waals surface area (Å²) in [5, 5.41) is 27.9. The first-order valence-electron chi connectivity index (χ1n) is 9.05. The average molecular weight is 413 g/mol. The van der Waals surface area contributed by atoms with Crippen molar-refractivity contribution < 1.29 is 29.6 Å². The molecule has 158 valence electrons. The Labute approximate surface area is 173 Å². The normalized spacial score (nSPS) is 9.93. The number of carboxylic acids is 2. The summed E-state index contributed by atoms with van der Waals surface area (Å²) in [7, 11) is 1.96. The summed E-state index contributed by atoms with van der Waals surface area (Å²) < 4.78 is 7.47. The summed E-state index contributed by atoms with van der Waals surface area (Å²) in [4.78, 5) is 22.6. The van der Waals surface area contributed by atoms with Crippen LogP contribution in [0.3, 0.4) is 0 Å². The van der Waals surface area contributed by atoms with Gasteiger partial charge in [-0.25, -0.2) is 14.6 Å². The van der Waals surface area contributed by atoms with Crippen LogP contribution in [0.5, 0.6) is 11.5 Å².